The van der Waals surface area contributed by atoms with Gasteiger partial charge in [-0.15, -0.1) is 0 Å². The number of halogens is 2. The van der Waals surface area contributed by atoms with E-state index in [1.807, 2.05) is 0 Å². The normalized spacial score (nSPS) is 12.1. The molecule has 2 rings (SSSR count). The molecular formula is C13H9BrFNO. The molecule has 86 valence electrons. The molecule has 0 bridgehead atoms. The van der Waals surface area contributed by atoms with Crippen LogP contribution in [-0.4, -0.2) is 10.8 Å². The van der Waals surface area contributed by atoms with Crippen molar-refractivity contribution >= 4 is 21.7 Å². The summed E-state index contributed by atoms with van der Waals surface area (Å²) in [6.45, 7) is 0. The number of carbonyl (C=O) groups excluding carboxylic acids is 1. The first-order valence-corrected chi connectivity index (χ1v) is 5.94. The van der Waals surface area contributed by atoms with Gasteiger partial charge in [-0.1, -0.05) is 28.1 Å². The Hall–Kier alpha value is -1.55. The van der Waals surface area contributed by atoms with E-state index in [9.17, 15) is 9.18 Å². The Bertz CT molecular complexity index is 513. The van der Waals surface area contributed by atoms with Gasteiger partial charge in [0.15, 0.2) is 5.78 Å². The number of Topliss-reactive ketones (excluding diaryl/α,β-unsaturated/α-hetero) is 1. The number of ketones is 1. The zero-order chi connectivity index (χ0) is 12.3. The summed E-state index contributed by atoms with van der Waals surface area (Å²) < 4.78 is 12.8. The van der Waals surface area contributed by atoms with Crippen molar-refractivity contribution in [2.24, 2.45) is 0 Å². The molecule has 17 heavy (non-hydrogen) atoms. The molecule has 1 unspecified atom stereocenters. The Morgan fingerprint density at radius 1 is 1.24 bits per heavy atom. The lowest BCUT2D eigenvalue weighted by Gasteiger charge is -2.08. The summed E-state index contributed by atoms with van der Waals surface area (Å²) in [5.41, 5.74) is 1.25. The minimum absolute atomic E-state index is 0.0929. The van der Waals surface area contributed by atoms with Gasteiger partial charge >= 0.3 is 0 Å². The Morgan fingerprint density at radius 3 is 2.53 bits per heavy atom. The fraction of sp³-hybridized carbons (Fsp3) is 0.0769. The van der Waals surface area contributed by atoms with Crippen molar-refractivity contribution < 1.29 is 9.18 Å². The van der Waals surface area contributed by atoms with E-state index in [1.165, 1.54) is 18.3 Å². The SMILES string of the molecule is O=C(c1cccnc1)C(Br)c1ccc(F)cc1. The van der Waals surface area contributed by atoms with Crippen LogP contribution in [0.2, 0.25) is 0 Å². The molecule has 1 heterocycles. The highest BCUT2D eigenvalue weighted by molar-refractivity contribution is 9.09. The fourth-order valence-electron chi connectivity index (χ4n) is 1.44. The van der Waals surface area contributed by atoms with Gasteiger partial charge in [0.1, 0.15) is 10.6 Å². The summed E-state index contributed by atoms with van der Waals surface area (Å²) >= 11 is 3.31. The summed E-state index contributed by atoms with van der Waals surface area (Å²) in [5.74, 6) is -0.410. The van der Waals surface area contributed by atoms with E-state index < -0.39 is 4.83 Å². The number of alkyl halides is 1. The molecule has 0 saturated carbocycles. The molecule has 2 aromatic rings. The van der Waals surface area contributed by atoms with Crippen molar-refractivity contribution in [2.75, 3.05) is 0 Å². The molecule has 0 amide bonds. The third-order valence-corrected chi connectivity index (χ3v) is 3.28. The highest BCUT2D eigenvalue weighted by Crippen LogP contribution is 2.26. The first kappa shape index (κ1) is 11.9. The summed E-state index contributed by atoms with van der Waals surface area (Å²) in [6, 6.07) is 9.25. The minimum atomic E-state index is -0.479. The van der Waals surface area contributed by atoms with Gasteiger partial charge in [0.2, 0.25) is 0 Å². The number of aromatic nitrogens is 1. The first-order chi connectivity index (χ1) is 8.18. The molecule has 0 saturated heterocycles. The van der Waals surface area contributed by atoms with Gasteiger partial charge in [-0.25, -0.2) is 4.39 Å². The largest absolute Gasteiger partial charge is 0.292 e. The van der Waals surface area contributed by atoms with Gasteiger partial charge in [0.25, 0.3) is 0 Å². The van der Waals surface area contributed by atoms with Crippen LogP contribution in [0.3, 0.4) is 0 Å². The number of rotatable bonds is 3. The quantitative estimate of drug-likeness (QED) is 0.640. The summed E-state index contributed by atoms with van der Waals surface area (Å²) in [6.07, 6.45) is 3.12. The van der Waals surface area contributed by atoms with E-state index in [0.29, 0.717) is 5.56 Å². The molecule has 0 aliphatic rings. The van der Waals surface area contributed by atoms with Crippen LogP contribution < -0.4 is 0 Å². The zero-order valence-corrected chi connectivity index (χ0v) is 10.4. The van der Waals surface area contributed by atoms with Gasteiger partial charge < -0.3 is 0 Å². The van der Waals surface area contributed by atoms with Crippen LogP contribution in [0.4, 0.5) is 4.39 Å². The van der Waals surface area contributed by atoms with Crippen LogP contribution in [0.1, 0.15) is 20.7 Å². The van der Waals surface area contributed by atoms with Crippen LogP contribution in [0.25, 0.3) is 0 Å². The standard InChI is InChI=1S/C13H9BrFNO/c14-12(9-3-5-11(15)6-4-9)13(17)10-2-1-7-16-8-10/h1-8,12H. The molecule has 1 aromatic heterocycles. The molecule has 2 nitrogen and oxygen atoms in total. The van der Waals surface area contributed by atoms with Gasteiger partial charge in [-0.3, -0.25) is 9.78 Å². The van der Waals surface area contributed by atoms with Crippen molar-refractivity contribution in [1.29, 1.82) is 0 Å². The van der Waals surface area contributed by atoms with Crippen LogP contribution in [-0.2, 0) is 0 Å². The Kier molecular flexibility index (Phi) is 3.64. The van der Waals surface area contributed by atoms with Crippen LogP contribution in [0, 0.1) is 5.82 Å². The van der Waals surface area contributed by atoms with Crippen molar-refractivity contribution in [3.05, 3.63) is 65.7 Å². The van der Waals surface area contributed by atoms with Gasteiger partial charge in [-0.05, 0) is 29.8 Å². The number of carbonyl (C=O) groups is 1. The lowest BCUT2D eigenvalue weighted by atomic mass is 10.0. The number of benzene rings is 1. The summed E-state index contributed by atoms with van der Waals surface area (Å²) in [5, 5.41) is 0. The van der Waals surface area contributed by atoms with E-state index in [2.05, 4.69) is 20.9 Å². The van der Waals surface area contributed by atoms with E-state index in [1.54, 1.807) is 30.5 Å². The summed E-state index contributed by atoms with van der Waals surface area (Å²) in [7, 11) is 0. The number of nitrogens with zero attached hydrogens (tertiary/aromatic N) is 1. The van der Waals surface area contributed by atoms with Crippen LogP contribution in [0.5, 0.6) is 0 Å². The molecule has 1 aromatic carbocycles. The monoisotopic (exact) mass is 293 g/mol. The lowest BCUT2D eigenvalue weighted by Crippen LogP contribution is -2.07. The maximum absolute atomic E-state index is 12.8. The number of hydrogen-bond acceptors (Lipinski definition) is 2. The van der Waals surface area contributed by atoms with Crippen molar-refractivity contribution in [3.63, 3.8) is 0 Å². The van der Waals surface area contributed by atoms with E-state index >= 15 is 0 Å². The summed E-state index contributed by atoms with van der Waals surface area (Å²) in [4.78, 5) is 15.5. The first-order valence-electron chi connectivity index (χ1n) is 5.02. The maximum Gasteiger partial charge on any atom is 0.182 e. The highest BCUT2D eigenvalue weighted by atomic mass is 79.9. The Labute approximate surface area is 107 Å². The molecule has 0 aliphatic carbocycles. The van der Waals surface area contributed by atoms with Crippen molar-refractivity contribution in [1.82, 2.24) is 4.98 Å². The highest BCUT2D eigenvalue weighted by Gasteiger charge is 2.18. The fourth-order valence-corrected chi connectivity index (χ4v) is 2.01. The van der Waals surface area contributed by atoms with Crippen LogP contribution in [0.15, 0.2) is 48.8 Å². The van der Waals surface area contributed by atoms with E-state index in [4.69, 9.17) is 0 Å². The van der Waals surface area contributed by atoms with Crippen LogP contribution >= 0.6 is 15.9 Å². The molecule has 1 atom stereocenters. The lowest BCUT2D eigenvalue weighted by molar-refractivity contribution is 0.0991. The van der Waals surface area contributed by atoms with E-state index in [0.717, 1.165) is 5.56 Å². The second-order valence-corrected chi connectivity index (χ2v) is 4.44. The van der Waals surface area contributed by atoms with Gasteiger partial charge in [0, 0.05) is 18.0 Å². The van der Waals surface area contributed by atoms with Crippen molar-refractivity contribution in [3.8, 4) is 0 Å². The smallest absolute Gasteiger partial charge is 0.182 e. The predicted molar refractivity (Wildman–Crippen MR) is 66.6 cm³/mol. The van der Waals surface area contributed by atoms with Crippen molar-refractivity contribution in [2.45, 2.75) is 4.83 Å². The Morgan fingerprint density at radius 2 is 1.94 bits per heavy atom. The topological polar surface area (TPSA) is 30.0 Å². The second-order valence-electron chi connectivity index (χ2n) is 3.52. The zero-order valence-electron chi connectivity index (χ0n) is 8.81. The molecule has 0 radical (unpaired) electrons. The average Bonchev–Trinajstić information content (AvgIpc) is 2.39. The maximum atomic E-state index is 12.8. The van der Waals surface area contributed by atoms with Gasteiger partial charge in [0.05, 0.1) is 0 Å². The molecule has 4 heteroatoms. The molecule has 0 spiro atoms. The minimum Gasteiger partial charge on any atom is -0.292 e. The van der Waals surface area contributed by atoms with E-state index in [-0.39, 0.29) is 11.6 Å². The third-order valence-electron chi connectivity index (χ3n) is 2.34. The molecule has 0 aliphatic heterocycles. The molecular weight excluding hydrogens is 285 g/mol. The second kappa shape index (κ2) is 5.19. The number of hydrogen-bond donors (Lipinski definition) is 0. The number of pyridine rings is 1. The third kappa shape index (κ3) is 2.77. The molecule has 0 fully saturated rings. The Balaban J connectivity index is 2.23. The average molecular weight is 294 g/mol. The predicted octanol–water partition coefficient (Wildman–Crippen LogP) is 3.54. The van der Waals surface area contributed by atoms with Gasteiger partial charge in [-0.2, -0.15) is 0 Å². The molecule has 0 N–H and O–H groups in total.